The summed E-state index contributed by atoms with van der Waals surface area (Å²) < 4.78 is 0. The lowest BCUT2D eigenvalue weighted by Gasteiger charge is -2.50. The van der Waals surface area contributed by atoms with Crippen molar-refractivity contribution in [1.29, 1.82) is 5.26 Å². The van der Waals surface area contributed by atoms with Crippen molar-refractivity contribution in [3.8, 4) is 6.07 Å². The van der Waals surface area contributed by atoms with E-state index in [1.165, 1.54) is 5.69 Å². The van der Waals surface area contributed by atoms with Crippen LogP contribution in [0, 0.1) is 28.1 Å². The van der Waals surface area contributed by atoms with Gasteiger partial charge in [-0.15, -0.1) is 0 Å². The molecule has 1 unspecified atom stereocenters. The maximum Gasteiger partial charge on any atom is 0.262 e. The van der Waals surface area contributed by atoms with Crippen molar-refractivity contribution in [2.24, 2.45) is 16.7 Å². The van der Waals surface area contributed by atoms with Gasteiger partial charge >= 0.3 is 0 Å². The van der Waals surface area contributed by atoms with Gasteiger partial charge in [0.15, 0.2) is 0 Å². The third-order valence-corrected chi connectivity index (χ3v) is 15.2. The van der Waals surface area contributed by atoms with Gasteiger partial charge in [0.1, 0.15) is 12.1 Å². The minimum atomic E-state index is -0.952. The summed E-state index contributed by atoms with van der Waals surface area (Å²) in [6, 6.07) is 19.4. The fourth-order valence-electron chi connectivity index (χ4n) is 11.8. The van der Waals surface area contributed by atoms with Crippen molar-refractivity contribution in [2.45, 2.75) is 76.8 Å². The molecular weight excluding hydrogens is 778 g/mol. The normalized spacial score (nSPS) is 24.8. The maximum absolute atomic E-state index is 13.6. The van der Waals surface area contributed by atoms with Crippen molar-refractivity contribution >= 4 is 52.5 Å². The number of anilines is 2. The first-order chi connectivity index (χ1) is 28.9. The molecule has 1 aliphatic carbocycles. The molecule has 0 aromatic heterocycles. The van der Waals surface area contributed by atoms with Gasteiger partial charge in [0, 0.05) is 87.2 Å². The molecule has 13 heteroatoms. The smallest absolute Gasteiger partial charge is 0.262 e. The van der Waals surface area contributed by atoms with Crippen molar-refractivity contribution < 1.29 is 24.0 Å². The topological polar surface area (TPSA) is 137 Å². The van der Waals surface area contributed by atoms with Gasteiger partial charge in [-0.3, -0.25) is 34.2 Å². The highest BCUT2D eigenvalue weighted by Crippen LogP contribution is 2.48. The average molecular weight is 828 g/mol. The van der Waals surface area contributed by atoms with E-state index in [0.717, 1.165) is 125 Å². The van der Waals surface area contributed by atoms with Crippen LogP contribution in [0.1, 0.15) is 99.6 Å². The third kappa shape index (κ3) is 6.74. The largest absolute Gasteiger partial charge is 0.371 e. The molecule has 0 saturated carbocycles. The van der Waals surface area contributed by atoms with Gasteiger partial charge in [-0.1, -0.05) is 11.6 Å². The van der Waals surface area contributed by atoms with Crippen LogP contribution in [0.2, 0.25) is 5.02 Å². The highest BCUT2D eigenvalue weighted by atomic mass is 35.5. The van der Waals surface area contributed by atoms with Gasteiger partial charge in [-0.25, -0.2) is 0 Å². The molecule has 6 aliphatic heterocycles. The maximum atomic E-state index is 13.6. The van der Waals surface area contributed by atoms with E-state index < -0.39 is 23.8 Å². The molecule has 12 nitrogen and oxygen atoms in total. The Morgan fingerprint density at radius 3 is 2.10 bits per heavy atom. The number of imide groups is 2. The van der Waals surface area contributed by atoms with E-state index in [9.17, 15) is 29.2 Å². The third-order valence-electron chi connectivity index (χ3n) is 14.9. The number of fused-ring (bicyclic) bond motifs is 2. The summed E-state index contributed by atoms with van der Waals surface area (Å²) in [5.41, 5.74) is 6.85. The zero-order chi connectivity index (χ0) is 41.5. The number of carbonyl (C=O) groups excluding carboxylic acids is 5. The molecule has 0 bridgehead atoms. The fraction of sp³-hybridized carbons (Fsp3) is 0.489. The zero-order valence-electron chi connectivity index (χ0n) is 34.1. The van der Waals surface area contributed by atoms with Crippen molar-refractivity contribution in [2.75, 3.05) is 62.2 Å². The summed E-state index contributed by atoms with van der Waals surface area (Å²) in [4.78, 5) is 75.0. The van der Waals surface area contributed by atoms with Crippen LogP contribution in [0.15, 0.2) is 54.6 Å². The van der Waals surface area contributed by atoms with E-state index >= 15 is 0 Å². The summed E-state index contributed by atoms with van der Waals surface area (Å²) in [6.45, 7) is 9.74. The van der Waals surface area contributed by atoms with E-state index in [-0.39, 0.29) is 35.5 Å². The number of nitriles is 1. The summed E-state index contributed by atoms with van der Waals surface area (Å²) >= 11 is 6.38. The number of nitrogens with zero attached hydrogens (tertiary/aromatic N) is 6. The van der Waals surface area contributed by atoms with E-state index in [1.54, 1.807) is 0 Å². The van der Waals surface area contributed by atoms with Gasteiger partial charge in [0.25, 0.3) is 17.7 Å². The highest BCUT2D eigenvalue weighted by molar-refractivity contribution is 6.32. The first-order valence-electron chi connectivity index (χ1n) is 21.6. The lowest BCUT2D eigenvalue weighted by molar-refractivity contribution is -0.136. The standard InChI is InChI=1S/C47H50ClN7O5/c1-29-21-46(28-54(29)36-7-4-32(24-49)39(48)20-36)12-16-52(17-13-46)35-5-2-31(3-6-35)43(58)53-14-10-30(11-15-53)25-51-26-47(27-51)22-33-18-37-38(19-34(33)23-47)45(60)55(44(37)59)40-8-9-41(56)50-42(40)57/h2-7,18-20,29-30,40H,8-17,21-23,25-28H2,1H3,(H,50,56,57)/t29-,40?/m0/s1. The number of likely N-dealkylation sites (tertiary alicyclic amines) is 2. The minimum absolute atomic E-state index is 0.105. The average Bonchev–Trinajstić information content (AvgIpc) is 3.85. The molecule has 310 valence electrons. The number of carbonyl (C=O) groups is 5. The number of hydrogen-bond donors (Lipinski definition) is 1. The van der Waals surface area contributed by atoms with Crippen molar-refractivity contribution in [3.63, 3.8) is 0 Å². The Balaban J connectivity index is 0.676. The van der Waals surface area contributed by atoms with Gasteiger partial charge in [0.05, 0.1) is 21.7 Å². The van der Waals surface area contributed by atoms with Gasteiger partial charge in [-0.05, 0) is 135 Å². The number of benzene rings is 3. The van der Waals surface area contributed by atoms with Gasteiger partial charge in [-0.2, -0.15) is 5.26 Å². The zero-order valence-corrected chi connectivity index (χ0v) is 34.8. The van der Waals surface area contributed by atoms with Crippen LogP contribution in [0.5, 0.6) is 0 Å². The predicted molar refractivity (Wildman–Crippen MR) is 226 cm³/mol. The quantitative estimate of drug-likeness (QED) is 0.322. The molecule has 60 heavy (non-hydrogen) atoms. The molecule has 5 saturated heterocycles. The first kappa shape index (κ1) is 38.9. The second-order valence-electron chi connectivity index (χ2n) is 18.9. The van der Waals surface area contributed by atoms with Gasteiger partial charge < -0.3 is 19.6 Å². The van der Waals surface area contributed by atoms with Crippen molar-refractivity contribution in [3.05, 3.63) is 93.0 Å². The van der Waals surface area contributed by atoms with Crippen LogP contribution < -0.4 is 15.1 Å². The van der Waals surface area contributed by atoms with Crippen LogP contribution in [0.25, 0.3) is 0 Å². The van der Waals surface area contributed by atoms with Crippen LogP contribution in [-0.2, 0) is 22.4 Å². The molecular formula is C47H50ClN7O5. The number of amides is 5. The van der Waals surface area contributed by atoms with Crippen molar-refractivity contribution in [1.82, 2.24) is 20.0 Å². The highest BCUT2D eigenvalue weighted by Gasteiger charge is 2.50. The summed E-state index contributed by atoms with van der Waals surface area (Å²) in [5, 5.41) is 12.1. The van der Waals surface area contributed by atoms with Crippen LogP contribution in [-0.4, -0.2) is 109 Å². The Bertz CT molecular complexity index is 2310. The fourth-order valence-corrected chi connectivity index (χ4v) is 12.0. The van der Waals surface area contributed by atoms with Crippen LogP contribution in [0.4, 0.5) is 11.4 Å². The number of rotatable bonds is 6. The van der Waals surface area contributed by atoms with Crippen LogP contribution >= 0.6 is 11.6 Å². The molecule has 0 radical (unpaired) electrons. The second-order valence-corrected chi connectivity index (χ2v) is 19.3. The Morgan fingerprint density at radius 2 is 1.48 bits per heavy atom. The molecule has 2 spiro atoms. The predicted octanol–water partition coefficient (Wildman–Crippen LogP) is 5.45. The molecule has 1 N–H and O–H groups in total. The molecule has 3 aromatic carbocycles. The molecule has 5 fully saturated rings. The van der Waals surface area contributed by atoms with E-state index in [1.807, 2.05) is 47.4 Å². The number of nitrogens with one attached hydrogen (secondary N) is 1. The SMILES string of the molecule is C[C@H]1CC2(CCN(c3ccc(C(=O)N4CCC(CN5CC6(Cc7cc8c(cc7C6)C(=O)N(C6CCC(=O)NC6=O)C8=O)C5)CC4)cc3)CC2)CN1c1ccc(C#N)c(Cl)c1. The van der Waals surface area contributed by atoms with Crippen LogP contribution in [0.3, 0.4) is 0 Å². The lowest BCUT2D eigenvalue weighted by atomic mass is 9.76. The van der Waals surface area contributed by atoms with Gasteiger partial charge in [0.2, 0.25) is 11.8 Å². The molecule has 6 heterocycles. The Labute approximate surface area is 355 Å². The Kier molecular flexibility index (Phi) is 9.56. The monoisotopic (exact) mass is 827 g/mol. The number of piperidine rings is 3. The molecule has 3 aromatic rings. The summed E-state index contributed by atoms with van der Waals surface area (Å²) in [5.74, 6) is -1.22. The molecule has 7 aliphatic rings. The van der Waals surface area contributed by atoms with E-state index in [4.69, 9.17) is 11.6 Å². The number of hydrogen-bond acceptors (Lipinski definition) is 9. The summed E-state index contributed by atoms with van der Waals surface area (Å²) in [7, 11) is 0. The number of halogens is 1. The minimum Gasteiger partial charge on any atom is -0.371 e. The lowest BCUT2D eigenvalue weighted by Crippen LogP contribution is -2.58. The molecule has 10 rings (SSSR count). The first-order valence-corrected chi connectivity index (χ1v) is 22.0. The Morgan fingerprint density at radius 1 is 0.833 bits per heavy atom. The second kappa shape index (κ2) is 14.7. The van der Waals surface area contributed by atoms with E-state index in [2.05, 4.69) is 45.1 Å². The Hall–Kier alpha value is -5.25. The van der Waals surface area contributed by atoms with E-state index in [0.29, 0.717) is 33.7 Å². The molecule has 5 amide bonds. The summed E-state index contributed by atoms with van der Waals surface area (Å²) in [6.07, 6.45) is 7.32. The molecule has 2 atom stereocenters.